The Hall–Kier alpha value is -2.33. The quantitative estimate of drug-likeness (QED) is 0.326. The molecule has 3 aromatic rings. The third-order valence-corrected chi connectivity index (χ3v) is 7.88. The second-order valence-electron chi connectivity index (χ2n) is 7.02. The monoisotopic (exact) mass is 440 g/mol. The summed E-state index contributed by atoms with van der Waals surface area (Å²) in [5, 5.41) is 0.215. The van der Waals surface area contributed by atoms with Gasteiger partial charge in [0.15, 0.2) is 0 Å². The number of halogens is 6. The van der Waals surface area contributed by atoms with Gasteiger partial charge in [0, 0.05) is 0 Å². The van der Waals surface area contributed by atoms with E-state index in [9.17, 15) is 26.3 Å². The number of benzene rings is 3. The second kappa shape index (κ2) is 8.07. The standard InChI is InChI=1S/C23H19F6P/c1-14-12-13-19(16(3)15(14)2)30(20-10-6-4-8-17(20)22(24,25)26)21-11-7-5-9-18(21)23(27,28)29/h4-13H,1-3H3. The third kappa shape index (κ3) is 4.24. The molecule has 0 unspecified atom stereocenters. The van der Waals surface area contributed by atoms with Crippen LogP contribution in [0.3, 0.4) is 0 Å². The van der Waals surface area contributed by atoms with Crippen molar-refractivity contribution in [2.75, 3.05) is 0 Å². The second-order valence-corrected chi connectivity index (χ2v) is 9.13. The fourth-order valence-corrected chi connectivity index (χ4v) is 6.25. The van der Waals surface area contributed by atoms with E-state index in [2.05, 4.69) is 0 Å². The largest absolute Gasteiger partial charge is 0.417 e. The average Bonchev–Trinajstić information content (AvgIpc) is 2.67. The van der Waals surface area contributed by atoms with Crippen molar-refractivity contribution in [3.8, 4) is 0 Å². The van der Waals surface area contributed by atoms with E-state index in [0.29, 0.717) is 10.9 Å². The van der Waals surface area contributed by atoms with Gasteiger partial charge in [-0.05, 0) is 73.4 Å². The number of alkyl halides is 6. The first-order valence-electron chi connectivity index (χ1n) is 9.12. The normalized spacial score (nSPS) is 12.5. The maximum absolute atomic E-state index is 13.8. The molecule has 0 aliphatic rings. The van der Waals surface area contributed by atoms with Gasteiger partial charge in [-0.25, -0.2) is 0 Å². The summed E-state index contributed by atoms with van der Waals surface area (Å²) in [7, 11) is -2.11. The lowest BCUT2D eigenvalue weighted by Crippen LogP contribution is -2.31. The highest BCUT2D eigenvalue weighted by Gasteiger charge is 2.40. The highest BCUT2D eigenvalue weighted by atomic mass is 31.1. The van der Waals surface area contributed by atoms with Gasteiger partial charge >= 0.3 is 12.4 Å². The minimum absolute atomic E-state index is 0.136. The highest BCUT2D eigenvalue weighted by molar-refractivity contribution is 7.80. The maximum atomic E-state index is 13.8. The molecule has 0 spiro atoms. The summed E-state index contributed by atoms with van der Waals surface area (Å²) in [5.41, 5.74) is 0.667. The van der Waals surface area contributed by atoms with Gasteiger partial charge in [-0.15, -0.1) is 0 Å². The van der Waals surface area contributed by atoms with Crippen molar-refractivity contribution in [1.82, 2.24) is 0 Å². The van der Waals surface area contributed by atoms with Gasteiger partial charge in [-0.2, -0.15) is 26.3 Å². The lowest BCUT2D eigenvalue weighted by Gasteiger charge is -2.27. The summed E-state index contributed by atoms with van der Waals surface area (Å²) in [6.45, 7) is 5.44. The Morgan fingerprint density at radius 3 is 1.40 bits per heavy atom. The molecule has 3 aromatic carbocycles. The van der Waals surface area contributed by atoms with Crippen LogP contribution < -0.4 is 15.9 Å². The van der Waals surface area contributed by atoms with E-state index in [1.54, 1.807) is 19.1 Å². The molecule has 0 atom stereocenters. The molecular formula is C23H19F6P. The van der Waals surface area contributed by atoms with Crippen molar-refractivity contribution in [2.24, 2.45) is 0 Å². The van der Waals surface area contributed by atoms with Gasteiger partial charge in [0.25, 0.3) is 0 Å². The van der Waals surface area contributed by atoms with Crippen LogP contribution in [0.5, 0.6) is 0 Å². The molecule has 0 aromatic heterocycles. The first-order valence-corrected chi connectivity index (χ1v) is 10.5. The Kier molecular flexibility index (Phi) is 6.01. The van der Waals surface area contributed by atoms with Crippen LogP contribution in [-0.2, 0) is 12.4 Å². The van der Waals surface area contributed by atoms with Crippen molar-refractivity contribution in [2.45, 2.75) is 33.1 Å². The van der Waals surface area contributed by atoms with Crippen LogP contribution in [0.1, 0.15) is 27.8 Å². The van der Waals surface area contributed by atoms with E-state index < -0.39 is 31.4 Å². The summed E-state index contributed by atoms with van der Waals surface area (Å²) in [4.78, 5) is 0. The van der Waals surface area contributed by atoms with Crippen molar-refractivity contribution < 1.29 is 26.3 Å². The van der Waals surface area contributed by atoms with Crippen molar-refractivity contribution in [3.05, 3.63) is 88.5 Å². The van der Waals surface area contributed by atoms with Crippen LogP contribution in [0.2, 0.25) is 0 Å². The Labute approximate surface area is 172 Å². The van der Waals surface area contributed by atoms with Crippen LogP contribution >= 0.6 is 7.92 Å². The average molecular weight is 440 g/mol. The Morgan fingerprint density at radius 2 is 0.967 bits per heavy atom. The zero-order valence-electron chi connectivity index (χ0n) is 16.5. The van der Waals surface area contributed by atoms with Crippen LogP contribution in [0.15, 0.2) is 60.7 Å². The summed E-state index contributed by atoms with van der Waals surface area (Å²) in [6, 6.07) is 13.2. The predicted molar refractivity (Wildman–Crippen MR) is 109 cm³/mol. The molecule has 7 heteroatoms. The lowest BCUT2D eigenvalue weighted by molar-refractivity contribution is -0.137. The van der Waals surface area contributed by atoms with E-state index in [1.165, 1.54) is 36.4 Å². The first kappa shape index (κ1) is 22.4. The molecule has 0 amide bonds. The fraction of sp³-hybridized carbons (Fsp3) is 0.217. The smallest absolute Gasteiger partial charge is 0.166 e. The van der Waals surface area contributed by atoms with Gasteiger partial charge in [-0.3, -0.25) is 0 Å². The minimum atomic E-state index is -4.68. The Balaban J connectivity index is 2.42. The zero-order chi connectivity index (χ0) is 22.3. The molecule has 0 nitrogen and oxygen atoms in total. The van der Waals surface area contributed by atoms with Crippen molar-refractivity contribution >= 4 is 23.8 Å². The molecule has 0 N–H and O–H groups in total. The molecule has 0 saturated carbocycles. The predicted octanol–water partition coefficient (Wildman–Crippen LogP) is 6.41. The van der Waals surface area contributed by atoms with E-state index >= 15 is 0 Å². The SMILES string of the molecule is Cc1ccc(P(c2ccccc2C(F)(F)F)c2ccccc2C(F)(F)F)c(C)c1C. The molecule has 0 saturated heterocycles. The van der Waals surface area contributed by atoms with Gasteiger partial charge < -0.3 is 0 Å². The molecule has 0 aliphatic carbocycles. The van der Waals surface area contributed by atoms with E-state index in [-0.39, 0.29) is 10.6 Å². The maximum Gasteiger partial charge on any atom is 0.417 e. The molecular weight excluding hydrogens is 421 g/mol. The van der Waals surface area contributed by atoms with Crippen LogP contribution in [0.4, 0.5) is 26.3 Å². The number of aryl methyl sites for hydroxylation is 1. The van der Waals surface area contributed by atoms with Gasteiger partial charge in [0.1, 0.15) is 0 Å². The number of rotatable bonds is 3. The molecule has 30 heavy (non-hydrogen) atoms. The van der Waals surface area contributed by atoms with Gasteiger partial charge in [0.2, 0.25) is 0 Å². The summed E-state index contributed by atoms with van der Waals surface area (Å²) >= 11 is 0. The molecule has 158 valence electrons. The van der Waals surface area contributed by atoms with E-state index in [1.807, 2.05) is 13.8 Å². The highest BCUT2D eigenvalue weighted by Crippen LogP contribution is 2.43. The van der Waals surface area contributed by atoms with Crippen LogP contribution in [0.25, 0.3) is 0 Å². The zero-order valence-corrected chi connectivity index (χ0v) is 17.4. The summed E-state index contributed by atoms with van der Waals surface area (Å²) in [5.74, 6) is 0. The van der Waals surface area contributed by atoms with E-state index in [0.717, 1.165) is 23.3 Å². The molecule has 0 aliphatic heterocycles. The lowest BCUT2D eigenvalue weighted by atomic mass is 10.1. The van der Waals surface area contributed by atoms with Crippen molar-refractivity contribution in [3.63, 3.8) is 0 Å². The van der Waals surface area contributed by atoms with Gasteiger partial charge in [-0.1, -0.05) is 48.5 Å². The number of hydrogen-bond donors (Lipinski definition) is 0. The first-order chi connectivity index (χ1) is 13.9. The molecule has 0 fully saturated rings. The molecule has 0 radical (unpaired) electrons. The van der Waals surface area contributed by atoms with Gasteiger partial charge in [0.05, 0.1) is 11.1 Å². The third-order valence-electron chi connectivity index (χ3n) is 5.17. The summed E-state index contributed by atoms with van der Waals surface area (Å²) < 4.78 is 82.8. The minimum Gasteiger partial charge on any atom is -0.166 e. The van der Waals surface area contributed by atoms with Crippen LogP contribution in [-0.4, -0.2) is 0 Å². The molecule has 0 heterocycles. The Morgan fingerprint density at radius 1 is 0.533 bits per heavy atom. The molecule has 3 rings (SSSR count). The topological polar surface area (TPSA) is 0 Å². The Bertz CT molecular complexity index is 1010. The van der Waals surface area contributed by atoms with E-state index in [4.69, 9.17) is 0 Å². The number of hydrogen-bond acceptors (Lipinski definition) is 0. The fourth-order valence-electron chi connectivity index (χ4n) is 3.39. The molecule has 0 bridgehead atoms. The van der Waals surface area contributed by atoms with Crippen molar-refractivity contribution in [1.29, 1.82) is 0 Å². The summed E-state index contributed by atoms with van der Waals surface area (Å²) in [6.07, 6.45) is -9.37. The van der Waals surface area contributed by atoms with Crippen LogP contribution in [0, 0.1) is 20.8 Å².